The molecular formula is C13H15BrN2OS. The summed E-state index contributed by atoms with van der Waals surface area (Å²) in [5.41, 5.74) is 9.14. The van der Waals surface area contributed by atoms with Crippen molar-refractivity contribution >= 4 is 27.3 Å². The summed E-state index contributed by atoms with van der Waals surface area (Å²) in [6, 6.07) is 4.19. The predicted octanol–water partition coefficient (Wildman–Crippen LogP) is 3.66. The first-order chi connectivity index (χ1) is 8.56. The van der Waals surface area contributed by atoms with Crippen LogP contribution in [0.3, 0.4) is 0 Å². The maximum Gasteiger partial charge on any atom is 0.127 e. The number of benzene rings is 1. The Balaban J connectivity index is 2.61. The van der Waals surface area contributed by atoms with E-state index in [1.54, 1.807) is 18.4 Å². The van der Waals surface area contributed by atoms with Gasteiger partial charge in [-0.15, -0.1) is 11.3 Å². The molecule has 3 nitrogen and oxygen atoms in total. The minimum atomic E-state index is 0.455. The zero-order chi connectivity index (χ0) is 13.3. The molecule has 2 aromatic rings. The van der Waals surface area contributed by atoms with Crippen molar-refractivity contribution in [2.75, 3.05) is 7.11 Å². The molecule has 0 saturated heterocycles. The molecular weight excluding hydrogens is 312 g/mol. The van der Waals surface area contributed by atoms with Crippen LogP contribution in [0.25, 0.3) is 10.4 Å². The number of nitrogens with two attached hydrogens (primary N) is 1. The molecule has 0 radical (unpaired) electrons. The summed E-state index contributed by atoms with van der Waals surface area (Å²) >= 11 is 5.08. The molecule has 0 atom stereocenters. The summed E-state index contributed by atoms with van der Waals surface area (Å²) in [5, 5.41) is 0.914. The number of hydrogen-bond acceptors (Lipinski definition) is 4. The van der Waals surface area contributed by atoms with Crippen LogP contribution in [0.4, 0.5) is 0 Å². The van der Waals surface area contributed by atoms with Crippen LogP contribution in [0.5, 0.6) is 5.75 Å². The van der Waals surface area contributed by atoms with Gasteiger partial charge >= 0.3 is 0 Å². The monoisotopic (exact) mass is 326 g/mol. The molecule has 0 aliphatic heterocycles. The molecule has 1 aromatic heterocycles. The van der Waals surface area contributed by atoms with Crippen LogP contribution in [0, 0.1) is 13.8 Å². The maximum absolute atomic E-state index is 5.63. The van der Waals surface area contributed by atoms with Crippen molar-refractivity contribution in [3.05, 3.63) is 32.9 Å². The largest absolute Gasteiger partial charge is 0.496 e. The van der Waals surface area contributed by atoms with Crippen molar-refractivity contribution in [2.24, 2.45) is 5.73 Å². The molecule has 96 valence electrons. The van der Waals surface area contributed by atoms with Gasteiger partial charge in [0.15, 0.2) is 0 Å². The van der Waals surface area contributed by atoms with Crippen LogP contribution in [0.1, 0.15) is 16.1 Å². The fraction of sp³-hybridized carbons (Fsp3) is 0.308. The van der Waals surface area contributed by atoms with Gasteiger partial charge in [-0.3, -0.25) is 0 Å². The molecule has 5 heteroatoms. The third kappa shape index (κ3) is 2.43. The highest BCUT2D eigenvalue weighted by molar-refractivity contribution is 9.10. The summed E-state index contributed by atoms with van der Waals surface area (Å²) in [6.45, 7) is 4.63. The van der Waals surface area contributed by atoms with Crippen LogP contribution in [0.2, 0.25) is 0 Å². The molecule has 18 heavy (non-hydrogen) atoms. The van der Waals surface area contributed by atoms with E-state index in [9.17, 15) is 0 Å². The summed E-state index contributed by atoms with van der Waals surface area (Å²) in [6.07, 6.45) is 0. The Morgan fingerprint density at radius 1 is 1.33 bits per heavy atom. The van der Waals surface area contributed by atoms with Gasteiger partial charge in [0.2, 0.25) is 0 Å². The van der Waals surface area contributed by atoms with Gasteiger partial charge in [-0.05, 0) is 53.0 Å². The van der Waals surface area contributed by atoms with Crippen molar-refractivity contribution in [1.82, 2.24) is 4.98 Å². The lowest BCUT2D eigenvalue weighted by atomic mass is 10.0. The van der Waals surface area contributed by atoms with Gasteiger partial charge in [0.25, 0.3) is 0 Å². The molecule has 2 rings (SSSR count). The van der Waals surface area contributed by atoms with E-state index in [0.717, 1.165) is 25.8 Å². The molecule has 1 aromatic carbocycles. The molecule has 0 aliphatic rings. The van der Waals surface area contributed by atoms with E-state index >= 15 is 0 Å². The van der Waals surface area contributed by atoms with Gasteiger partial charge in [0.05, 0.1) is 12.0 Å². The zero-order valence-electron chi connectivity index (χ0n) is 10.6. The summed E-state index contributed by atoms with van der Waals surface area (Å²) in [5.74, 6) is 0.867. The van der Waals surface area contributed by atoms with E-state index in [1.807, 2.05) is 0 Å². The second-order valence-electron chi connectivity index (χ2n) is 4.07. The minimum Gasteiger partial charge on any atom is -0.496 e. The lowest BCUT2D eigenvalue weighted by molar-refractivity contribution is 0.416. The van der Waals surface area contributed by atoms with E-state index in [2.05, 4.69) is 46.9 Å². The Kier molecular flexibility index (Phi) is 4.04. The highest BCUT2D eigenvalue weighted by Crippen LogP contribution is 2.40. The number of methoxy groups -OCH3 is 1. The second-order valence-corrected chi connectivity index (χ2v) is 5.90. The third-order valence-corrected chi connectivity index (χ3v) is 4.81. The first-order valence-corrected chi connectivity index (χ1v) is 7.18. The molecule has 0 amide bonds. The van der Waals surface area contributed by atoms with E-state index in [4.69, 9.17) is 10.5 Å². The Labute approximate surface area is 119 Å². The molecule has 0 spiro atoms. The Morgan fingerprint density at radius 3 is 2.56 bits per heavy atom. The number of aromatic nitrogens is 1. The van der Waals surface area contributed by atoms with Gasteiger partial charge in [-0.2, -0.15) is 0 Å². The van der Waals surface area contributed by atoms with Gasteiger partial charge in [-0.25, -0.2) is 4.98 Å². The first-order valence-electron chi connectivity index (χ1n) is 5.57. The average Bonchev–Trinajstić information content (AvgIpc) is 2.73. The Hall–Kier alpha value is -0.910. The van der Waals surface area contributed by atoms with Crippen LogP contribution >= 0.6 is 27.3 Å². The van der Waals surface area contributed by atoms with Crippen molar-refractivity contribution < 1.29 is 4.74 Å². The number of hydrogen-bond donors (Lipinski definition) is 1. The molecule has 0 fully saturated rings. The number of thiazole rings is 1. The highest BCUT2D eigenvalue weighted by Gasteiger charge is 2.15. The van der Waals surface area contributed by atoms with E-state index in [-0.39, 0.29) is 0 Å². The third-order valence-electron chi connectivity index (χ3n) is 2.87. The molecule has 2 N–H and O–H groups in total. The number of ether oxygens (including phenoxy) is 1. The molecule has 0 saturated carbocycles. The predicted molar refractivity (Wildman–Crippen MR) is 79.2 cm³/mol. The lowest BCUT2D eigenvalue weighted by Crippen LogP contribution is -1.93. The van der Waals surface area contributed by atoms with E-state index in [0.29, 0.717) is 6.54 Å². The van der Waals surface area contributed by atoms with Crippen molar-refractivity contribution in [1.29, 1.82) is 0 Å². The van der Waals surface area contributed by atoms with Crippen molar-refractivity contribution in [2.45, 2.75) is 20.4 Å². The Bertz CT molecular complexity index is 581. The van der Waals surface area contributed by atoms with Crippen LogP contribution in [-0.4, -0.2) is 12.1 Å². The van der Waals surface area contributed by atoms with Gasteiger partial charge < -0.3 is 10.5 Å². The van der Waals surface area contributed by atoms with Crippen molar-refractivity contribution in [3.63, 3.8) is 0 Å². The minimum absolute atomic E-state index is 0.455. The first kappa shape index (κ1) is 13.5. The quantitative estimate of drug-likeness (QED) is 0.936. The van der Waals surface area contributed by atoms with E-state index in [1.165, 1.54) is 11.1 Å². The number of aryl methyl sites for hydroxylation is 2. The number of halogens is 1. The van der Waals surface area contributed by atoms with Crippen LogP contribution in [0.15, 0.2) is 16.7 Å². The fourth-order valence-corrected chi connectivity index (χ4v) is 3.38. The van der Waals surface area contributed by atoms with Crippen LogP contribution in [-0.2, 0) is 6.54 Å². The smallest absolute Gasteiger partial charge is 0.127 e. The summed E-state index contributed by atoms with van der Waals surface area (Å²) < 4.78 is 6.29. The zero-order valence-corrected chi connectivity index (χ0v) is 13.0. The molecule has 0 bridgehead atoms. The second kappa shape index (κ2) is 5.38. The molecule has 0 unspecified atom stereocenters. The summed E-state index contributed by atoms with van der Waals surface area (Å²) in [7, 11) is 1.69. The van der Waals surface area contributed by atoms with E-state index < -0.39 is 0 Å². The number of rotatable bonds is 3. The number of nitrogens with zero attached hydrogens (tertiary/aromatic N) is 1. The molecule has 0 aliphatic carbocycles. The fourth-order valence-electron chi connectivity index (χ4n) is 1.73. The molecule has 1 heterocycles. The standard InChI is InChI=1S/C13H15BrN2OS/c1-7-4-9(10(17-3)5-8(7)2)12-13(14)16-11(6-15)18-12/h4-5H,6,15H2,1-3H3. The van der Waals surface area contributed by atoms with Crippen LogP contribution < -0.4 is 10.5 Å². The highest BCUT2D eigenvalue weighted by atomic mass is 79.9. The van der Waals surface area contributed by atoms with Gasteiger partial charge in [-0.1, -0.05) is 0 Å². The van der Waals surface area contributed by atoms with Crippen molar-refractivity contribution in [3.8, 4) is 16.2 Å². The topological polar surface area (TPSA) is 48.1 Å². The summed E-state index contributed by atoms with van der Waals surface area (Å²) in [4.78, 5) is 5.45. The lowest BCUT2D eigenvalue weighted by Gasteiger charge is -2.10. The normalized spacial score (nSPS) is 10.7. The average molecular weight is 327 g/mol. The maximum atomic E-state index is 5.63. The SMILES string of the molecule is COc1cc(C)c(C)cc1-c1sc(CN)nc1Br. The van der Waals surface area contributed by atoms with Gasteiger partial charge in [0, 0.05) is 12.1 Å². The Morgan fingerprint density at radius 2 is 2.00 bits per heavy atom. The van der Waals surface area contributed by atoms with Gasteiger partial charge in [0.1, 0.15) is 15.4 Å².